The zero-order valence-electron chi connectivity index (χ0n) is 19.7. The van der Waals surface area contributed by atoms with Crippen LogP contribution in [0, 0.1) is 29.1 Å². The smallest absolute Gasteiger partial charge is 0.0602 e. The van der Waals surface area contributed by atoms with Crippen molar-refractivity contribution in [3.63, 3.8) is 0 Å². The van der Waals surface area contributed by atoms with E-state index in [9.17, 15) is 10.2 Å². The van der Waals surface area contributed by atoms with Gasteiger partial charge in [0, 0.05) is 13.1 Å². The predicted octanol–water partition coefficient (Wildman–Crippen LogP) is 5.33. The van der Waals surface area contributed by atoms with E-state index in [-0.39, 0.29) is 12.2 Å². The molecule has 3 saturated carbocycles. The highest BCUT2D eigenvalue weighted by molar-refractivity contribution is 5.26. The van der Waals surface area contributed by atoms with Gasteiger partial charge in [0.05, 0.1) is 12.2 Å². The molecular formula is C27H45NO2. The lowest BCUT2D eigenvalue weighted by atomic mass is 9.61. The van der Waals surface area contributed by atoms with E-state index >= 15 is 0 Å². The molecule has 3 heteroatoms. The van der Waals surface area contributed by atoms with Crippen LogP contribution in [0.2, 0.25) is 0 Å². The summed E-state index contributed by atoms with van der Waals surface area (Å²) in [6.07, 6.45) is 15.3. The lowest BCUT2D eigenvalue weighted by Crippen LogP contribution is -2.39. The first-order valence-electron chi connectivity index (χ1n) is 12.9. The molecule has 1 saturated heterocycles. The molecule has 7 atom stereocenters. The summed E-state index contributed by atoms with van der Waals surface area (Å²) < 4.78 is 0. The summed E-state index contributed by atoms with van der Waals surface area (Å²) in [7, 11) is 0. The first-order chi connectivity index (χ1) is 14.4. The van der Waals surface area contributed by atoms with Crippen molar-refractivity contribution < 1.29 is 10.2 Å². The maximum absolute atomic E-state index is 10.00. The fourth-order valence-corrected chi connectivity index (χ4v) is 7.69. The third-order valence-corrected chi connectivity index (χ3v) is 9.29. The second-order valence-electron chi connectivity index (χ2n) is 11.4. The number of nitrogens with zero attached hydrogens (tertiary/aromatic N) is 1. The van der Waals surface area contributed by atoms with Crippen LogP contribution in [0.3, 0.4) is 0 Å². The minimum absolute atomic E-state index is 0.371. The van der Waals surface area contributed by atoms with Crippen molar-refractivity contribution in [3.05, 3.63) is 23.3 Å². The van der Waals surface area contributed by atoms with Crippen LogP contribution in [0.1, 0.15) is 85.0 Å². The summed E-state index contributed by atoms with van der Waals surface area (Å²) in [5, 5.41) is 20.0. The average molecular weight is 416 g/mol. The second-order valence-corrected chi connectivity index (χ2v) is 11.4. The van der Waals surface area contributed by atoms with E-state index in [2.05, 4.69) is 37.8 Å². The summed E-state index contributed by atoms with van der Waals surface area (Å²) in [6, 6.07) is 0. The third kappa shape index (κ3) is 4.74. The van der Waals surface area contributed by atoms with Crippen molar-refractivity contribution in [1.82, 2.24) is 4.90 Å². The molecule has 0 amide bonds. The van der Waals surface area contributed by atoms with Crippen molar-refractivity contribution in [2.75, 3.05) is 19.6 Å². The molecule has 0 aromatic rings. The molecule has 4 aliphatic rings. The lowest BCUT2D eigenvalue weighted by molar-refractivity contribution is 0.0609. The molecule has 1 heterocycles. The normalized spacial score (nSPS) is 42.5. The molecule has 4 fully saturated rings. The van der Waals surface area contributed by atoms with Gasteiger partial charge < -0.3 is 15.1 Å². The van der Waals surface area contributed by atoms with E-state index in [1.807, 2.05) is 0 Å². The second kappa shape index (κ2) is 9.46. The van der Waals surface area contributed by atoms with E-state index in [0.717, 1.165) is 36.5 Å². The Kier molecular flexibility index (Phi) is 7.11. The van der Waals surface area contributed by atoms with Crippen molar-refractivity contribution in [1.29, 1.82) is 0 Å². The number of aliphatic hydroxyl groups is 2. The molecule has 0 aromatic carbocycles. The van der Waals surface area contributed by atoms with E-state index in [1.165, 1.54) is 70.2 Å². The number of fused-ring (bicyclic) bond motifs is 1. The monoisotopic (exact) mass is 415 g/mol. The molecule has 1 aliphatic heterocycles. The Labute approximate surface area is 184 Å². The minimum Gasteiger partial charge on any atom is -0.393 e. The summed E-state index contributed by atoms with van der Waals surface area (Å²) in [4.78, 5) is 2.75. The SMILES string of the molecule is CC[C@H]1CCN(C[C@@H](C)[C@H]2CC[C@H]3/C(=C/C=C4C[C@@H](O)C[C@H](O)C4)CCC[C@]23C)C1. The van der Waals surface area contributed by atoms with Gasteiger partial charge in [0.15, 0.2) is 0 Å². The van der Waals surface area contributed by atoms with Crippen LogP contribution < -0.4 is 0 Å². The predicted molar refractivity (Wildman–Crippen MR) is 124 cm³/mol. The van der Waals surface area contributed by atoms with E-state index in [4.69, 9.17) is 0 Å². The first-order valence-corrected chi connectivity index (χ1v) is 12.9. The topological polar surface area (TPSA) is 43.7 Å². The van der Waals surface area contributed by atoms with Crippen LogP contribution in [0.5, 0.6) is 0 Å². The number of rotatable bonds is 5. The van der Waals surface area contributed by atoms with Crippen molar-refractivity contribution in [2.45, 2.75) is 97.2 Å². The molecule has 0 unspecified atom stereocenters. The maximum atomic E-state index is 10.00. The molecule has 0 aromatic heterocycles. The largest absolute Gasteiger partial charge is 0.393 e. The van der Waals surface area contributed by atoms with Crippen LogP contribution in [0.15, 0.2) is 23.3 Å². The van der Waals surface area contributed by atoms with Gasteiger partial charge in [-0.1, -0.05) is 50.5 Å². The summed E-state index contributed by atoms with van der Waals surface area (Å²) in [6.45, 7) is 11.4. The third-order valence-electron chi connectivity index (χ3n) is 9.29. The molecular weight excluding hydrogens is 370 g/mol. The fourth-order valence-electron chi connectivity index (χ4n) is 7.69. The summed E-state index contributed by atoms with van der Waals surface area (Å²) >= 11 is 0. The van der Waals surface area contributed by atoms with Gasteiger partial charge in [0.25, 0.3) is 0 Å². The van der Waals surface area contributed by atoms with Gasteiger partial charge in [0.1, 0.15) is 0 Å². The fraction of sp³-hybridized carbons (Fsp3) is 0.852. The van der Waals surface area contributed by atoms with E-state index < -0.39 is 0 Å². The Morgan fingerprint density at radius 3 is 2.60 bits per heavy atom. The Morgan fingerprint density at radius 1 is 1.13 bits per heavy atom. The van der Waals surface area contributed by atoms with Gasteiger partial charge in [-0.2, -0.15) is 0 Å². The van der Waals surface area contributed by atoms with Gasteiger partial charge in [-0.25, -0.2) is 0 Å². The number of aliphatic hydroxyl groups excluding tert-OH is 2. The maximum Gasteiger partial charge on any atom is 0.0602 e. The van der Waals surface area contributed by atoms with Crippen molar-refractivity contribution >= 4 is 0 Å². The van der Waals surface area contributed by atoms with Gasteiger partial charge in [-0.3, -0.25) is 0 Å². The zero-order valence-corrected chi connectivity index (χ0v) is 19.7. The van der Waals surface area contributed by atoms with Crippen LogP contribution in [-0.2, 0) is 0 Å². The molecule has 0 spiro atoms. The Balaban J connectivity index is 1.42. The molecule has 3 aliphatic carbocycles. The highest BCUT2D eigenvalue weighted by Gasteiger charge is 2.50. The lowest BCUT2D eigenvalue weighted by Gasteiger charge is -2.45. The zero-order chi connectivity index (χ0) is 21.3. The highest BCUT2D eigenvalue weighted by Crippen LogP contribution is 2.59. The number of hydrogen-bond donors (Lipinski definition) is 2. The molecule has 3 nitrogen and oxygen atoms in total. The van der Waals surface area contributed by atoms with Crippen molar-refractivity contribution in [3.8, 4) is 0 Å². The Morgan fingerprint density at radius 2 is 1.90 bits per heavy atom. The van der Waals surface area contributed by atoms with Gasteiger partial charge in [0.2, 0.25) is 0 Å². The molecule has 30 heavy (non-hydrogen) atoms. The molecule has 0 radical (unpaired) electrons. The minimum atomic E-state index is -0.371. The van der Waals surface area contributed by atoms with Gasteiger partial charge >= 0.3 is 0 Å². The van der Waals surface area contributed by atoms with Crippen LogP contribution in [0.4, 0.5) is 0 Å². The Bertz CT molecular complexity index is 643. The first kappa shape index (κ1) is 22.6. The van der Waals surface area contributed by atoms with Crippen molar-refractivity contribution in [2.24, 2.45) is 29.1 Å². The molecule has 0 bridgehead atoms. The average Bonchev–Trinajstić information content (AvgIpc) is 3.29. The number of hydrogen-bond acceptors (Lipinski definition) is 3. The Hall–Kier alpha value is -0.640. The van der Waals surface area contributed by atoms with E-state index in [0.29, 0.717) is 11.8 Å². The van der Waals surface area contributed by atoms with Crippen LogP contribution in [-0.4, -0.2) is 47.0 Å². The molecule has 2 N–H and O–H groups in total. The van der Waals surface area contributed by atoms with Crippen LogP contribution in [0.25, 0.3) is 0 Å². The molecule has 4 rings (SSSR count). The molecule has 170 valence electrons. The quantitative estimate of drug-likeness (QED) is 0.638. The standard InChI is InChI=1S/C27H45NO2/c1-4-20-11-13-28(18-20)17-19(2)25-9-10-26-22(6-5-12-27(25,26)3)8-7-21-14-23(29)16-24(30)15-21/h7-8,19-20,23-26,29-30H,4-6,9-18H2,1-3H3/b22-8+/t19-,20+,23-,24-,25-,26+,27-/m1/s1. The van der Waals surface area contributed by atoms with Crippen LogP contribution >= 0.6 is 0 Å². The highest BCUT2D eigenvalue weighted by atomic mass is 16.3. The van der Waals surface area contributed by atoms with Gasteiger partial charge in [-0.15, -0.1) is 0 Å². The number of allylic oxidation sites excluding steroid dienone is 3. The number of likely N-dealkylation sites (tertiary alicyclic amines) is 1. The summed E-state index contributed by atoms with van der Waals surface area (Å²) in [5.41, 5.74) is 3.33. The van der Waals surface area contributed by atoms with E-state index in [1.54, 1.807) is 5.57 Å². The summed E-state index contributed by atoms with van der Waals surface area (Å²) in [5.74, 6) is 3.30. The van der Waals surface area contributed by atoms with Gasteiger partial charge in [-0.05, 0) is 93.4 Å².